The van der Waals surface area contributed by atoms with E-state index in [1.54, 1.807) is 0 Å². The zero-order valence-corrected chi connectivity index (χ0v) is 15.4. The number of nitrogens with one attached hydrogen (secondary N) is 1. The molecule has 25 heavy (non-hydrogen) atoms. The van der Waals surface area contributed by atoms with Crippen molar-refractivity contribution >= 4 is 5.91 Å². The maximum Gasteiger partial charge on any atom is 0.258 e. The van der Waals surface area contributed by atoms with Crippen LogP contribution in [0.15, 0.2) is 36.4 Å². The van der Waals surface area contributed by atoms with E-state index in [-0.39, 0.29) is 18.6 Å². The summed E-state index contributed by atoms with van der Waals surface area (Å²) < 4.78 is 5.70. The number of fused-ring (bicyclic) bond motifs is 1. The minimum Gasteiger partial charge on any atom is -0.484 e. The first-order valence-corrected chi connectivity index (χ1v) is 9.14. The van der Waals surface area contributed by atoms with Crippen LogP contribution in [-0.4, -0.2) is 12.5 Å². The molecule has 0 heterocycles. The maximum atomic E-state index is 12.2. The molecule has 3 rings (SSSR count). The standard InChI is InChI=1S/C22H27NO2/c1-15-8-9-19(12-16(15)2)17(3)23-22(24)14-25-21-11-10-18-6-4-5-7-20(18)13-21/h8-13,17H,4-7,14H2,1-3H3,(H,23,24)/t17-/m1/s1. The zero-order valence-electron chi connectivity index (χ0n) is 15.4. The largest absolute Gasteiger partial charge is 0.484 e. The lowest BCUT2D eigenvalue weighted by molar-refractivity contribution is -0.123. The van der Waals surface area contributed by atoms with Gasteiger partial charge in [0.2, 0.25) is 0 Å². The molecular formula is C22H27NO2. The summed E-state index contributed by atoms with van der Waals surface area (Å²) >= 11 is 0. The molecule has 1 aliphatic carbocycles. The summed E-state index contributed by atoms with van der Waals surface area (Å²) in [5.74, 6) is 0.693. The third-order valence-electron chi connectivity index (χ3n) is 5.10. The molecule has 0 radical (unpaired) electrons. The van der Waals surface area contributed by atoms with Crippen molar-refractivity contribution in [1.29, 1.82) is 0 Å². The molecule has 0 aliphatic heterocycles. The fraction of sp³-hybridized carbons (Fsp3) is 0.409. The highest BCUT2D eigenvalue weighted by Gasteiger charge is 2.13. The van der Waals surface area contributed by atoms with Crippen molar-refractivity contribution in [3.8, 4) is 5.75 Å². The van der Waals surface area contributed by atoms with Gasteiger partial charge in [-0.1, -0.05) is 24.3 Å². The van der Waals surface area contributed by atoms with Gasteiger partial charge in [-0.25, -0.2) is 0 Å². The number of carbonyl (C=O) groups is 1. The number of amides is 1. The molecular weight excluding hydrogens is 310 g/mol. The van der Waals surface area contributed by atoms with Gasteiger partial charge in [0, 0.05) is 0 Å². The summed E-state index contributed by atoms with van der Waals surface area (Å²) in [7, 11) is 0. The van der Waals surface area contributed by atoms with E-state index in [0.29, 0.717) is 0 Å². The average Bonchev–Trinajstić information content (AvgIpc) is 2.62. The molecule has 0 bridgehead atoms. The van der Waals surface area contributed by atoms with E-state index in [0.717, 1.165) is 24.2 Å². The first-order valence-electron chi connectivity index (χ1n) is 9.14. The molecule has 1 atom stereocenters. The molecule has 0 saturated carbocycles. The van der Waals surface area contributed by atoms with E-state index in [2.05, 4.69) is 49.5 Å². The number of carbonyl (C=O) groups excluding carboxylic acids is 1. The van der Waals surface area contributed by atoms with Crippen LogP contribution in [0.3, 0.4) is 0 Å². The molecule has 132 valence electrons. The molecule has 0 unspecified atom stereocenters. The lowest BCUT2D eigenvalue weighted by Gasteiger charge is -2.18. The van der Waals surface area contributed by atoms with Crippen molar-refractivity contribution in [3.63, 3.8) is 0 Å². The summed E-state index contributed by atoms with van der Waals surface area (Å²) in [6.07, 6.45) is 4.78. The molecule has 1 aliphatic rings. The van der Waals surface area contributed by atoms with Gasteiger partial charge in [-0.2, -0.15) is 0 Å². The van der Waals surface area contributed by atoms with Crippen LogP contribution in [0.5, 0.6) is 5.75 Å². The number of aryl methyl sites for hydroxylation is 4. The topological polar surface area (TPSA) is 38.3 Å². The maximum absolute atomic E-state index is 12.2. The van der Waals surface area contributed by atoms with Gasteiger partial charge in [0.1, 0.15) is 5.75 Å². The van der Waals surface area contributed by atoms with Gasteiger partial charge < -0.3 is 10.1 Å². The van der Waals surface area contributed by atoms with Crippen LogP contribution in [-0.2, 0) is 17.6 Å². The fourth-order valence-electron chi connectivity index (χ4n) is 3.35. The second kappa shape index (κ2) is 7.73. The molecule has 1 amide bonds. The Balaban J connectivity index is 1.54. The Morgan fingerprint density at radius 2 is 1.80 bits per heavy atom. The summed E-state index contributed by atoms with van der Waals surface area (Å²) in [5.41, 5.74) is 6.41. The Morgan fingerprint density at radius 1 is 1.04 bits per heavy atom. The fourth-order valence-corrected chi connectivity index (χ4v) is 3.35. The predicted molar refractivity (Wildman–Crippen MR) is 101 cm³/mol. The lowest BCUT2D eigenvalue weighted by Crippen LogP contribution is -2.31. The van der Waals surface area contributed by atoms with E-state index in [1.165, 1.54) is 35.1 Å². The molecule has 2 aromatic rings. The normalized spacial score (nSPS) is 14.5. The molecule has 3 nitrogen and oxygen atoms in total. The van der Waals surface area contributed by atoms with Gasteiger partial charge in [-0.05, 0) is 86.4 Å². The molecule has 0 saturated heterocycles. The van der Waals surface area contributed by atoms with Gasteiger partial charge >= 0.3 is 0 Å². The number of rotatable bonds is 5. The van der Waals surface area contributed by atoms with E-state index in [1.807, 2.05) is 13.0 Å². The van der Waals surface area contributed by atoms with Gasteiger partial charge in [0.05, 0.1) is 6.04 Å². The number of hydrogen-bond acceptors (Lipinski definition) is 2. The molecule has 3 heteroatoms. The molecule has 1 N–H and O–H groups in total. The summed E-state index contributed by atoms with van der Waals surface area (Å²) in [6.45, 7) is 6.23. The van der Waals surface area contributed by atoms with Crippen molar-refractivity contribution in [2.75, 3.05) is 6.61 Å². The number of hydrogen-bond donors (Lipinski definition) is 1. The van der Waals surface area contributed by atoms with Crippen molar-refractivity contribution in [2.24, 2.45) is 0 Å². The van der Waals surface area contributed by atoms with Crippen molar-refractivity contribution in [1.82, 2.24) is 5.32 Å². The summed E-state index contributed by atoms with van der Waals surface area (Å²) in [6, 6.07) is 12.5. The molecule has 0 aromatic heterocycles. The summed E-state index contributed by atoms with van der Waals surface area (Å²) in [5, 5.41) is 3.01. The van der Waals surface area contributed by atoms with Crippen LogP contribution in [0.4, 0.5) is 0 Å². The van der Waals surface area contributed by atoms with E-state index in [4.69, 9.17) is 4.74 Å². The Bertz CT molecular complexity index is 767. The van der Waals surface area contributed by atoms with E-state index >= 15 is 0 Å². The van der Waals surface area contributed by atoms with Gasteiger partial charge in [0.25, 0.3) is 5.91 Å². The van der Waals surface area contributed by atoms with Crippen LogP contribution in [0.2, 0.25) is 0 Å². The first-order chi connectivity index (χ1) is 12.0. The van der Waals surface area contributed by atoms with Crippen LogP contribution < -0.4 is 10.1 Å². The van der Waals surface area contributed by atoms with Crippen LogP contribution in [0.25, 0.3) is 0 Å². The molecule has 0 spiro atoms. The molecule has 2 aromatic carbocycles. The monoisotopic (exact) mass is 337 g/mol. The Kier molecular flexibility index (Phi) is 5.42. The number of ether oxygens (including phenoxy) is 1. The van der Waals surface area contributed by atoms with Crippen molar-refractivity contribution in [2.45, 2.75) is 52.5 Å². The van der Waals surface area contributed by atoms with Crippen molar-refractivity contribution in [3.05, 3.63) is 64.2 Å². The average molecular weight is 337 g/mol. The van der Waals surface area contributed by atoms with E-state index in [9.17, 15) is 4.79 Å². The lowest BCUT2D eigenvalue weighted by atomic mass is 9.92. The smallest absolute Gasteiger partial charge is 0.258 e. The highest BCUT2D eigenvalue weighted by atomic mass is 16.5. The minimum atomic E-state index is -0.0940. The third kappa shape index (κ3) is 4.41. The Morgan fingerprint density at radius 3 is 2.56 bits per heavy atom. The Hall–Kier alpha value is -2.29. The number of benzene rings is 2. The van der Waals surface area contributed by atoms with Gasteiger partial charge in [-0.15, -0.1) is 0 Å². The van der Waals surface area contributed by atoms with Crippen LogP contribution >= 0.6 is 0 Å². The first kappa shape index (κ1) is 17.5. The van der Waals surface area contributed by atoms with E-state index < -0.39 is 0 Å². The van der Waals surface area contributed by atoms with Gasteiger partial charge in [-0.3, -0.25) is 4.79 Å². The van der Waals surface area contributed by atoms with Crippen LogP contribution in [0.1, 0.15) is 53.6 Å². The minimum absolute atomic E-state index is 0.0288. The SMILES string of the molecule is Cc1ccc([C@@H](C)NC(=O)COc2ccc3c(c2)CCCC3)cc1C. The highest BCUT2D eigenvalue weighted by molar-refractivity contribution is 5.78. The Labute approximate surface area is 150 Å². The third-order valence-corrected chi connectivity index (χ3v) is 5.10. The highest BCUT2D eigenvalue weighted by Crippen LogP contribution is 2.25. The zero-order chi connectivity index (χ0) is 17.8. The second-order valence-electron chi connectivity index (χ2n) is 7.06. The van der Waals surface area contributed by atoms with Gasteiger partial charge in [0.15, 0.2) is 6.61 Å². The quantitative estimate of drug-likeness (QED) is 0.876. The van der Waals surface area contributed by atoms with Crippen molar-refractivity contribution < 1.29 is 9.53 Å². The molecule has 0 fully saturated rings. The van der Waals surface area contributed by atoms with Crippen LogP contribution in [0, 0.1) is 13.8 Å². The summed E-state index contributed by atoms with van der Waals surface area (Å²) in [4.78, 5) is 12.2. The second-order valence-corrected chi connectivity index (χ2v) is 7.06. The predicted octanol–water partition coefficient (Wildman–Crippen LogP) is 4.44.